The number of aryl methyl sites for hydroxylation is 1. The number of nitrogens with zero attached hydrogens (tertiary/aromatic N) is 2. The third-order valence-electron chi connectivity index (χ3n) is 3.60. The number of aliphatic carboxylic acids is 1. The topological polar surface area (TPSA) is 79.7 Å². The molecule has 23 heavy (non-hydrogen) atoms. The first-order valence-electron chi connectivity index (χ1n) is 7.21. The highest BCUT2D eigenvalue weighted by atomic mass is 32.1. The van der Waals surface area contributed by atoms with Gasteiger partial charge in [0.05, 0.1) is 13.2 Å². The smallest absolute Gasteiger partial charge is 0.334 e. The number of amides is 1. The third-order valence-corrected chi connectivity index (χ3v) is 4.61. The lowest BCUT2D eigenvalue weighted by Crippen LogP contribution is -2.48. The van der Waals surface area contributed by atoms with Crippen molar-refractivity contribution in [2.24, 2.45) is 0 Å². The van der Waals surface area contributed by atoms with Crippen LogP contribution in [0.5, 0.6) is 0 Å². The molecule has 0 bridgehead atoms. The summed E-state index contributed by atoms with van der Waals surface area (Å²) in [6.07, 6.45) is -0.961. The van der Waals surface area contributed by atoms with Crippen molar-refractivity contribution in [1.82, 2.24) is 9.88 Å². The van der Waals surface area contributed by atoms with E-state index in [1.54, 1.807) is 12.1 Å². The predicted molar refractivity (Wildman–Crippen MR) is 85.6 cm³/mol. The molecule has 120 valence electrons. The molecule has 1 aromatic carbocycles. The van der Waals surface area contributed by atoms with Crippen LogP contribution in [-0.2, 0) is 9.53 Å². The molecule has 0 saturated carbocycles. The summed E-state index contributed by atoms with van der Waals surface area (Å²) in [6, 6.07) is 7.26. The number of morpholine rings is 1. The molecular formula is C16H16N2O4S. The molecule has 1 aliphatic rings. The Morgan fingerprint density at radius 2 is 2.26 bits per heavy atom. The van der Waals surface area contributed by atoms with Gasteiger partial charge in [-0.15, -0.1) is 11.3 Å². The molecule has 0 aliphatic carbocycles. The number of carbonyl (C=O) groups excluding carboxylic acids is 1. The molecule has 0 unspecified atom stereocenters. The number of hydrogen-bond donors (Lipinski definition) is 1. The summed E-state index contributed by atoms with van der Waals surface area (Å²) in [5, 5.41) is 11.9. The fraction of sp³-hybridized carbons (Fsp3) is 0.312. The lowest BCUT2D eigenvalue weighted by molar-refractivity contribution is -0.154. The van der Waals surface area contributed by atoms with Gasteiger partial charge in [-0.2, -0.15) is 0 Å². The molecule has 0 spiro atoms. The van der Waals surface area contributed by atoms with Gasteiger partial charge in [-0.3, -0.25) is 4.79 Å². The highest BCUT2D eigenvalue weighted by Crippen LogP contribution is 2.25. The SMILES string of the molecule is Cc1csc(-c2cccc(C(=O)N3CCO[C@@H](C(=O)O)C3)c2)n1. The minimum atomic E-state index is -1.05. The van der Waals surface area contributed by atoms with E-state index >= 15 is 0 Å². The molecular weight excluding hydrogens is 316 g/mol. The summed E-state index contributed by atoms with van der Waals surface area (Å²) in [4.78, 5) is 29.6. The average Bonchev–Trinajstić information content (AvgIpc) is 3.01. The zero-order valence-corrected chi connectivity index (χ0v) is 13.4. The standard InChI is InChI=1S/C16H16N2O4S/c1-10-9-23-14(17-10)11-3-2-4-12(7-11)15(19)18-5-6-22-13(8-18)16(20)21/h2-4,7,9,13H,5-6,8H2,1H3,(H,20,21)/t13-/m1/s1. The van der Waals surface area contributed by atoms with E-state index in [4.69, 9.17) is 9.84 Å². The molecule has 1 fully saturated rings. The normalized spacial score (nSPS) is 18.0. The number of carboxylic acid groups (broad SMARTS) is 1. The van der Waals surface area contributed by atoms with Gasteiger partial charge in [0.2, 0.25) is 0 Å². The van der Waals surface area contributed by atoms with E-state index in [-0.39, 0.29) is 19.1 Å². The summed E-state index contributed by atoms with van der Waals surface area (Å²) >= 11 is 1.53. The number of rotatable bonds is 3. The quantitative estimate of drug-likeness (QED) is 0.930. The van der Waals surface area contributed by atoms with Gasteiger partial charge in [0, 0.05) is 28.7 Å². The Labute approximate surface area is 137 Å². The minimum absolute atomic E-state index is 0.0642. The number of thiazole rings is 1. The van der Waals surface area contributed by atoms with E-state index in [0.29, 0.717) is 12.1 Å². The van der Waals surface area contributed by atoms with Crippen LogP contribution in [0, 0.1) is 6.92 Å². The fourth-order valence-electron chi connectivity index (χ4n) is 2.44. The maximum Gasteiger partial charge on any atom is 0.334 e. The molecule has 6 nitrogen and oxygen atoms in total. The average molecular weight is 332 g/mol. The van der Waals surface area contributed by atoms with E-state index in [0.717, 1.165) is 16.3 Å². The second kappa shape index (κ2) is 6.47. The van der Waals surface area contributed by atoms with Crippen LogP contribution in [0.4, 0.5) is 0 Å². The number of carboxylic acids is 1. The van der Waals surface area contributed by atoms with E-state index in [1.807, 2.05) is 24.4 Å². The summed E-state index contributed by atoms with van der Waals surface area (Å²) in [7, 11) is 0. The Hall–Kier alpha value is -2.25. The third kappa shape index (κ3) is 3.40. The Balaban J connectivity index is 1.81. The molecule has 1 amide bonds. The fourth-order valence-corrected chi connectivity index (χ4v) is 3.23. The van der Waals surface area contributed by atoms with Gasteiger partial charge in [0.1, 0.15) is 5.01 Å². The predicted octanol–water partition coefficient (Wildman–Crippen LogP) is 2.04. The van der Waals surface area contributed by atoms with Gasteiger partial charge in [-0.25, -0.2) is 9.78 Å². The minimum Gasteiger partial charge on any atom is -0.479 e. The zero-order chi connectivity index (χ0) is 16.4. The van der Waals surface area contributed by atoms with Gasteiger partial charge in [0.25, 0.3) is 5.91 Å². The molecule has 3 rings (SSSR count). The first kappa shape index (κ1) is 15.6. The van der Waals surface area contributed by atoms with Crippen LogP contribution in [0.25, 0.3) is 10.6 Å². The number of benzene rings is 1. The summed E-state index contributed by atoms with van der Waals surface area (Å²) in [6.45, 7) is 2.61. The van der Waals surface area contributed by atoms with E-state index in [9.17, 15) is 9.59 Å². The van der Waals surface area contributed by atoms with Crippen LogP contribution < -0.4 is 0 Å². The Bertz CT molecular complexity index is 743. The molecule has 1 aliphatic heterocycles. The highest BCUT2D eigenvalue weighted by Gasteiger charge is 2.29. The van der Waals surface area contributed by atoms with Gasteiger partial charge >= 0.3 is 5.97 Å². The maximum absolute atomic E-state index is 12.6. The molecule has 2 heterocycles. The summed E-state index contributed by atoms with van der Waals surface area (Å²) < 4.78 is 5.15. The van der Waals surface area contributed by atoms with Crippen molar-refractivity contribution in [3.8, 4) is 10.6 Å². The highest BCUT2D eigenvalue weighted by molar-refractivity contribution is 7.13. The Morgan fingerprint density at radius 3 is 2.96 bits per heavy atom. The van der Waals surface area contributed by atoms with Crippen molar-refractivity contribution < 1.29 is 19.4 Å². The second-order valence-electron chi connectivity index (χ2n) is 5.32. The summed E-state index contributed by atoms with van der Waals surface area (Å²) in [5.74, 6) is -1.23. The molecule has 1 N–H and O–H groups in total. The van der Waals surface area contributed by atoms with Crippen LogP contribution in [0.3, 0.4) is 0 Å². The van der Waals surface area contributed by atoms with Crippen LogP contribution >= 0.6 is 11.3 Å². The molecule has 0 radical (unpaired) electrons. The van der Waals surface area contributed by atoms with Crippen molar-refractivity contribution >= 4 is 23.2 Å². The second-order valence-corrected chi connectivity index (χ2v) is 6.18. The van der Waals surface area contributed by atoms with Gasteiger partial charge < -0.3 is 14.7 Å². The van der Waals surface area contributed by atoms with Crippen molar-refractivity contribution in [3.63, 3.8) is 0 Å². The van der Waals surface area contributed by atoms with Crippen molar-refractivity contribution in [2.45, 2.75) is 13.0 Å². The molecule has 1 atom stereocenters. The number of ether oxygens (including phenoxy) is 1. The first-order valence-corrected chi connectivity index (χ1v) is 8.09. The van der Waals surface area contributed by atoms with Crippen LogP contribution in [-0.4, -0.2) is 52.7 Å². The number of carbonyl (C=O) groups is 2. The van der Waals surface area contributed by atoms with Gasteiger partial charge in [-0.05, 0) is 19.1 Å². The van der Waals surface area contributed by atoms with Crippen LogP contribution in [0.1, 0.15) is 16.1 Å². The Morgan fingerprint density at radius 1 is 1.43 bits per heavy atom. The zero-order valence-electron chi connectivity index (χ0n) is 12.6. The van der Waals surface area contributed by atoms with Gasteiger partial charge in [-0.1, -0.05) is 12.1 Å². The lowest BCUT2D eigenvalue weighted by Gasteiger charge is -2.31. The number of aromatic nitrogens is 1. The lowest BCUT2D eigenvalue weighted by atomic mass is 10.1. The Kier molecular flexibility index (Phi) is 4.40. The van der Waals surface area contributed by atoms with Crippen LogP contribution in [0.2, 0.25) is 0 Å². The van der Waals surface area contributed by atoms with Crippen molar-refractivity contribution in [1.29, 1.82) is 0 Å². The number of hydrogen-bond acceptors (Lipinski definition) is 5. The first-order chi connectivity index (χ1) is 11.0. The van der Waals surface area contributed by atoms with Crippen molar-refractivity contribution in [2.75, 3.05) is 19.7 Å². The molecule has 2 aromatic rings. The van der Waals surface area contributed by atoms with E-state index in [2.05, 4.69) is 4.98 Å². The summed E-state index contributed by atoms with van der Waals surface area (Å²) in [5.41, 5.74) is 2.36. The largest absolute Gasteiger partial charge is 0.479 e. The van der Waals surface area contributed by atoms with Crippen LogP contribution in [0.15, 0.2) is 29.6 Å². The molecule has 1 saturated heterocycles. The maximum atomic E-state index is 12.6. The monoisotopic (exact) mass is 332 g/mol. The van der Waals surface area contributed by atoms with E-state index < -0.39 is 12.1 Å². The van der Waals surface area contributed by atoms with Crippen molar-refractivity contribution in [3.05, 3.63) is 40.9 Å². The molecule has 7 heteroatoms. The van der Waals surface area contributed by atoms with Gasteiger partial charge in [0.15, 0.2) is 6.10 Å². The molecule has 1 aromatic heterocycles. The van der Waals surface area contributed by atoms with E-state index in [1.165, 1.54) is 16.2 Å².